The number of aliphatic hydroxyl groups excluding tert-OH is 1. The molecule has 1 aliphatic heterocycles. The van der Waals surface area contributed by atoms with Crippen molar-refractivity contribution in [2.45, 2.75) is 25.9 Å². The minimum absolute atomic E-state index is 0.305. The van der Waals surface area contributed by atoms with E-state index in [9.17, 15) is 5.11 Å². The van der Waals surface area contributed by atoms with Gasteiger partial charge in [-0.25, -0.2) is 0 Å². The SMILES string of the molecule is CCC1CCN(CC(O)COc2ccc(C(N)=S)cc2)C1. The molecule has 21 heavy (non-hydrogen) atoms. The maximum Gasteiger partial charge on any atom is 0.119 e. The number of nitrogens with zero attached hydrogens (tertiary/aromatic N) is 1. The van der Waals surface area contributed by atoms with Crippen molar-refractivity contribution in [3.8, 4) is 5.75 Å². The topological polar surface area (TPSA) is 58.7 Å². The largest absolute Gasteiger partial charge is 0.491 e. The van der Waals surface area contributed by atoms with Crippen molar-refractivity contribution in [2.24, 2.45) is 11.7 Å². The summed E-state index contributed by atoms with van der Waals surface area (Å²) in [5.74, 6) is 1.51. The molecule has 0 radical (unpaired) electrons. The Morgan fingerprint density at radius 3 is 2.76 bits per heavy atom. The van der Waals surface area contributed by atoms with E-state index in [4.69, 9.17) is 22.7 Å². The van der Waals surface area contributed by atoms with Crippen molar-refractivity contribution < 1.29 is 9.84 Å². The summed E-state index contributed by atoms with van der Waals surface area (Å²) in [5.41, 5.74) is 6.37. The summed E-state index contributed by atoms with van der Waals surface area (Å²) < 4.78 is 5.61. The van der Waals surface area contributed by atoms with Crippen LogP contribution in [0.15, 0.2) is 24.3 Å². The van der Waals surface area contributed by atoms with Crippen LogP contribution in [0.4, 0.5) is 0 Å². The number of thiocarbonyl (C=S) groups is 1. The molecule has 3 N–H and O–H groups in total. The van der Waals surface area contributed by atoms with Crippen LogP contribution < -0.4 is 10.5 Å². The van der Waals surface area contributed by atoms with Crippen LogP contribution in [-0.4, -0.2) is 47.3 Å². The van der Waals surface area contributed by atoms with Crippen molar-refractivity contribution in [2.75, 3.05) is 26.2 Å². The van der Waals surface area contributed by atoms with Gasteiger partial charge in [-0.3, -0.25) is 0 Å². The molecule has 0 spiro atoms. The lowest BCUT2D eigenvalue weighted by atomic mass is 10.1. The fraction of sp³-hybridized carbons (Fsp3) is 0.562. The van der Waals surface area contributed by atoms with Crippen LogP contribution in [0.1, 0.15) is 25.3 Å². The zero-order valence-electron chi connectivity index (χ0n) is 12.5. The first-order valence-electron chi connectivity index (χ1n) is 7.51. The molecule has 1 aromatic rings. The quantitative estimate of drug-likeness (QED) is 0.752. The minimum Gasteiger partial charge on any atom is -0.491 e. The summed E-state index contributed by atoms with van der Waals surface area (Å²) in [4.78, 5) is 2.69. The summed E-state index contributed by atoms with van der Waals surface area (Å²) in [7, 11) is 0. The molecule has 2 atom stereocenters. The summed E-state index contributed by atoms with van der Waals surface area (Å²) in [6.07, 6.45) is 2.00. The maximum absolute atomic E-state index is 10.1. The Kier molecular flexibility index (Phi) is 5.96. The maximum atomic E-state index is 10.1. The van der Waals surface area contributed by atoms with E-state index >= 15 is 0 Å². The third-order valence-corrected chi connectivity index (χ3v) is 4.23. The van der Waals surface area contributed by atoms with Gasteiger partial charge in [0.2, 0.25) is 0 Å². The lowest BCUT2D eigenvalue weighted by Crippen LogP contribution is -2.34. The average Bonchev–Trinajstić information content (AvgIpc) is 2.93. The number of ether oxygens (including phenoxy) is 1. The first kappa shape index (κ1) is 16.2. The zero-order chi connectivity index (χ0) is 15.2. The molecule has 0 aliphatic carbocycles. The van der Waals surface area contributed by atoms with Gasteiger partial charge < -0.3 is 20.5 Å². The lowest BCUT2D eigenvalue weighted by molar-refractivity contribution is 0.0746. The minimum atomic E-state index is -0.462. The van der Waals surface area contributed by atoms with Crippen LogP contribution in [0, 0.1) is 5.92 Å². The molecule has 1 aromatic carbocycles. The molecular weight excluding hydrogens is 284 g/mol. The molecule has 0 bridgehead atoms. The van der Waals surface area contributed by atoms with Gasteiger partial charge in [0.25, 0.3) is 0 Å². The van der Waals surface area contributed by atoms with Crippen LogP contribution in [-0.2, 0) is 0 Å². The van der Waals surface area contributed by atoms with Crippen LogP contribution in [0.5, 0.6) is 5.75 Å². The van der Waals surface area contributed by atoms with E-state index in [0.717, 1.165) is 30.3 Å². The fourth-order valence-corrected chi connectivity index (χ4v) is 2.81. The summed E-state index contributed by atoms with van der Waals surface area (Å²) in [6, 6.07) is 7.31. The zero-order valence-corrected chi connectivity index (χ0v) is 13.3. The molecule has 1 saturated heterocycles. The predicted octanol–water partition coefficient (Wildman–Crippen LogP) is 1.79. The standard InChI is InChI=1S/C16H24N2O2S/c1-2-12-7-8-18(9-12)10-14(19)11-20-15-5-3-13(4-6-15)16(17)21/h3-6,12,14,19H,2,7-11H2,1H3,(H2,17,21). The number of benzene rings is 1. The second-order valence-electron chi connectivity index (χ2n) is 5.68. The van der Waals surface area contributed by atoms with Crippen molar-refractivity contribution in [3.63, 3.8) is 0 Å². The van der Waals surface area contributed by atoms with Gasteiger partial charge in [0.1, 0.15) is 23.4 Å². The van der Waals surface area contributed by atoms with E-state index < -0.39 is 6.10 Å². The normalized spacial score (nSPS) is 20.4. The highest BCUT2D eigenvalue weighted by molar-refractivity contribution is 7.80. The highest BCUT2D eigenvalue weighted by Crippen LogP contribution is 2.19. The Labute approximate surface area is 131 Å². The van der Waals surface area contributed by atoms with Gasteiger partial charge in [-0.15, -0.1) is 0 Å². The third kappa shape index (κ3) is 4.95. The number of β-amino-alcohol motifs (C(OH)–C–C–N with tert-alkyl or cyclic N) is 1. The Morgan fingerprint density at radius 2 is 2.19 bits per heavy atom. The highest BCUT2D eigenvalue weighted by atomic mass is 32.1. The van der Waals surface area contributed by atoms with E-state index in [0.29, 0.717) is 18.1 Å². The average molecular weight is 308 g/mol. The van der Waals surface area contributed by atoms with Gasteiger partial charge in [0.05, 0.1) is 0 Å². The van der Waals surface area contributed by atoms with Crippen molar-refractivity contribution in [1.29, 1.82) is 0 Å². The van der Waals surface area contributed by atoms with E-state index in [1.165, 1.54) is 12.8 Å². The molecule has 116 valence electrons. The Bertz CT molecular complexity index is 464. The second-order valence-corrected chi connectivity index (χ2v) is 6.12. The van der Waals surface area contributed by atoms with Gasteiger partial charge in [-0.1, -0.05) is 25.6 Å². The Hall–Kier alpha value is -1.17. The molecule has 1 fully saturated rings. The number of nitrogens with two attached hydrogens (primary N) is 1. The monoisotopic (exact) mass is 308 g/mol. The van der Waals surface area contributed by atoms with Crippen LogP contribution in [0.2, 0.25) is 0 Å². The van der Waals surface area contributed by atoms with Crippen molar-refractivity contribution in [1.82, 2.24) is 4.90 Å². The number of rotatable bonds is 7. The van der Waals surface area contributed by atoms with Crippen LogP contribution in [0.3, 0.4) is 0 Å². The van der Waals surface area contributed by atoms with Crippen molar-refractivity contribution in [3.05, 3.63) is 29.8 Å². The number of hydrogen-bond donors (Lipinski definition) is 2. The van der Waals surface area contributed by atoms with Gasteiger partial charge in [-0.2, -0.15) is 0 Å². The van der Waals surface area contributed by atoms with Gasteiger partial charge in [0.15, 0.2) is 0 Å². The molecule has 0 aromatic heterocycles. The summed E-state index contributed by atoms with van der Waals surface area (Å²) in [5, 5.41) is 10.1. The van der Waals surface area contributed by atoms with E-state index in [-0.39, 0.29) is 0 Å². The number of aliphatic hydroxyl groups is 1. The first-order valence-corrected chi connectivity index (χ1v) is 7.92. The fourth-order valence-electron chi connectivity index (χ4n) is 2.67. The highest BCUT2D eigenvalue weighted by Gasteiger charge is 2.22. The molecule has 0 amide bonds. The van der Waals surface area contributed by atoms with E-state index in [1.807, 2.05) is 24.3 Å². The molecule has 0 saturated carbocycles. The number of likely N-dealkylation sites (tertiary alicyclic amines) is 1. The van der Waals surface area contributed by atoms with Crippen LogP contribution >= 0.6 is 12.2 Å². The van der Waals surface area contributed by atoms with Gasteiger partial charge >= 0.3 is 0 Å². The molecule has 1 heterocycles. The lowest BCUT2D eigenvalue weighted by Gasteiger charge is -2.20. The van der Waals surface area contributed by atoms with Gasteiger partial charge in [-0.05, 0) is 43.1 Å². The van der Waals surface area contributed by atoms with Crippen molar-refractivity contribution >= 4 is 17.2 Å². The first-order chi connectivity index (χ1) is 10.1. The van der Waals surface area contributed by atoms with Gasteiger partial charge in [0, 0.05) is 18.7 Å². The summed E-state index contributed by atoms with van der Waals surface area (Å²) >= 11 is 4.90. The summed E-state index contributed by atoms with van der Waals surface area (Å²) in [6.45, 7) is 5.39. The Morgan fingerprint density at radius 1 is 1.48 bits per heavy atom. The molecule has 2 rings (SSSR count). The molecule has 2 unspecified atom stereocenters. The third-order valence-electron chi connectivity index (χ3n) is 4.00. The Balaban J connectivity index is 1.73. The molecular formula is C16H24N2O2S. The molecule has 1 aliphatic rings. The van der Waals surface area contributed by atoms with E-state index in [2.05, 4.69) is 11.8 Å². The second kappa shape index (κ2) is 7.73. The van der Waals surface area contributed by atoms with E-state index in [1.54, 1.807) is 0 Å². The molecule has 5 heteroatoms. The van der Waals surface area contributed by atoms with Crippen LogP contribution in [0.25, 0.3) is 0 Å². The predicted molar refractivity (Wildman–Crippen MR) is 88.7 cm³/mol. The molecule has 4 nitrogen and oxygen atoms in total. The number of hydrogen-bond acceptors (Lipinski definition) is 4. The smallest absolute Gasteiger partial charge is 0.119 e.